The number of para-hydroxylation sites is 2. The lowest BCUT2D eigenvalue weighted by Crippen LogP contribution is -2.41. The van der Waals surface area contributed by atoms with Crippen molar-refractivity contribution in [1.29, 1.82) is 0 Å². The van der Waals surface area contributed by atoms with Gasteiger partial charge in [0, 0.05) is 19.3 Å². The van der Waals surface area contributed by atoms with E-state index in [1.165, 1.54) is 24.3 Å². The highest BCUT2D eigenvalue weighted by Crippen LogP contribution is 2.36. The number of piperidine rings is 1. The quantitative estimate of drug-likeness (QED) is 0.697. The van der Waals surface area contributed by atoms with Gasteiger partial charge >= 0.3 is 12.1 Å². The average molecular weight is 437 g/mol. The Labute approximate surface area is 177 Å². The van der Waals surface area contributed by atoms with Crippen LogP contribution in [0.25, 0.3) is 0 Å². The predicted octanol–water partition coefficient (Wildman–Crippen LogP) is 3.51. The summed E-state index contributed by atoms with van der Waals surface area (Å²) in [7, 11) is 1.46. The summed E-state index contributed by atoms with van der Waals surface area (Å²) >= 11 is 0. The highest BCUT2D eigenvalue weighted by atomic mass is 19.4. The summed E-state index contributed by atoms with van der Waals surface area (Å²) in [5.74, 6) is -1.59. The number of nitrogens with one attached hydrogen (secondary N) is 1. The second-order valence-corrected chi connectivity index (χ2v) is 7.01. The molecule has 1 aromatic heterocycles. The number of amides is 1. The molecular weight excluding hydrogens is 415 g/mol. The molecular formula is C21H22F3N3O4. The lowest BCUT2D eigenvalue weighted by molar-refractivity contribution is -0.151. The summed E-state index contributed by atoms with van der Waals surface area (Å²) in [6.07, 6.45) is -2.30. The van der Waals surface area contributed by atoms with E-state index in [1.807, 2.05) is 0 Å². The maximum atomic E-state index is 13.3. The van der Waals surface area contributed by atoms with E-state index in [0.717, 1.165) is 6.07 Å². The molecule has 3 rings (SSSR count). The van der Waals surface area contributed by atoms with E-state index < -0.39 is 36.1 Å². The SMILES string of the molecule is COc1ccccc1NC(=O)COC(=O)C1CCCN(c2ncccc2C(F)(F)F)C1. The van der Waals surface area contributed by atoms with E-state index in [4.69, 9.17) is 9.47 Å². The Morgan fingerprint density at radius 3 is 2.74 bits per heavy atom. The number of alkyl halides is 3. The molecule has 1 fully saturated rings. The molecule has 0 saturated carbocycles. The van der Waals surface area contributed by atoms with Crippen molar-refractivity contribution in [2.75, 3.05) is 37.0 Å². The third-order valence-corrected chi connectivity index (χ3v) is 4.87. The molecule has 31 heavy (non-hydrogen) atoms. The first kappa shape index (κ1) is 22.4. The minimum absolute atomic E-state index is 0.0348. The summed E-state index contributed by atoms with van der Waals surface area (Å²) < 4.78 is 50.1. The molecule has 1 atom stereocenters. The zero-order valence-electron chi connectivity index (χ0n) is 16.8. The van der Waals surface area contributed by atoms with Crippen LogP contribution < -0.4 is 15.0 Å². The predicted molar refractivity (Wildman–Crippen MR) is 107 cm³/mol. The molecule has 1 unspecified atom stereocenters. The van der Waals surface area contributed by atoms with Crippen LogP contribution in [0, 0.1) is 5.92 Å². The van der Waals surface area contributed by atoms with Crippen molar-refractivity contribution in [1.82, 2.24) is 4.98 Å². The van der Waals surface area contributed by atoms with Crippen molar-refractivity contribution in [3.63, 3.8) is 0 Å². The first-order valence-electron chi connectivity index (χ1n) is 9.66. The van der Waals surface area contributed by atoms with Crippen molar-refractivity contribution < 1.29 is 32.2 Å². The Kier molecular flexibility index (Phi) is 6.98. The standard InChI is InChI=1S/C21H22F3N3O4/c1-30-17-9-3-2-8-16(17)26-18(28)13-31-20(29)14-6-5-11-27(12-14)19-15(21(22,23)24)7-4-10-25-19/h2-4,7-10,14H,5-6,11-13H2,1H3,(H,26,28). The van der Waals surface area contributed by atoms with E-state index in [1.54, 1.807) is 24.3 Å². The molecule has 2 heterocycles. The molecule has 1 aliphatic heterocycles. The number of aromatic nitrogens is 1. The molecule has 166 valence electrons. The number of nitrogens with zero attached hydrogens (tertiary/aromatic N) is 2. The number of hydrogen-bond donors (Lipinski definition) is 1. The van der Waals surface area contributed by atoms with Gasteiger partial charge in [0.05, 0.1) is 24.3 Å². The van der Waals surface area contributed by atoms with Crippen LogP contribution in [0.1, 0.15) is 18.4 Å². The Morgan fingerprint density at radius 2 is 2.00 bits per heavy atom. The molecule has 1 aromatic carbocycles. The molecule has 0 aliphatic carbocycles. The van der Waals surface area contributed by atoms with Gasteiger partial charge in [-0.1, -0.05) is 12.1 Å². The highest BCUT2D eigenvalue weighted by Gasteiger charge is 2.37. The number of hydrogen-bond acceptors (Lipinski definition) is 6. The monoisotopic (exact) mass is 437 g/mol. The second kappa shape index (κ2) is 9.67. The fraction of sp³-hybridized carbons (Fsp3) is 0.381. The van der Waals surface area contributed by atoms with Gasteiger partial charge < -0.3 is 19.7 Å². The first-order valence-corrected chi connectivity index (χ1v) is 9.66. The summed E-state index contributed by atoms with van der Waals surface area (Å²) in [5, 5.41) is 2.59. The largest absolute Gasteiger partial charge is 0.495 e. The van der Waals surface area contributed by atoms with Crippen LogP contribution in [0.2, 0.25) is 0 Å². The van der Waals surface area contributed by atoms with E-state index >= 15 is 0 Å². The van der Waals surface area contributed by atoms with Crippen LogP contribution in [0.15, 0.2) is 42.6 Å². The van der Waals surface area contributed by atoms with Crippen molar-refractivity contribution in [3.8, 4) is 5.75 Å². The van der Waals surface area contributed by atoms with Gasteiger partial charge in [-0.2, -0.15) is 13.2 Å². The number of benzene rings is 1. The van der Waals surface area contributed by atoms with Gasteiger partial charge in [0.25, 0.3) is 5.91 Å². The topological polar surface area (TPSA) is 80.8 Å². The van der Waals surface area contributed by atoms with E-state index in [0.29, 0.717) is 30.8 Å². The fourth-order valence-corrected chi connectivity index (χ4v) is 3.42. The number of carbonyl (C=O) groups is 2. The van der Waals surface area contributed by atoms with Crippen molar-refractivity contribution >= 4 is 23.4 Å². The molecule has 10 heteroatoms. The zero-order chi connectivity index (χ0) is 22.4. The molecule has 1 amide bonds. The third-order valence-electron chi connectivity index (χ3n) is 4.87. The summed E-state index contributed by atoms with van der Waals surface area (Å²) in [6.45, 7) is -0.129. The Balaban J connectivity index is 1.59. The Bertz CT molecular complexity index is 936. The first-order chi connectivity index (χ1) is 14.8. The molecule has 1 N–H and O–H groups in total. The third kappa shape index (κ3) is 5.65. The van der Waals surface area contributed by atoms with Crippen molar-refractivity contribution in [2.45, 2.75) is 19.0 Å². The molecule has 0 bridgehead atoms. The molecule has 1 aliphatic rings. The van der Waals surface area contributed by atoms with Crippen LogP contribution in [0.5, 0.6) is 5.75 Å². The summed E-state index contributed by atoms with van der Waals surface area (Å²) in [6, 6.07) is 8.96. The van der Waals surface area contributed by atoms with E-state index in [2.05, 4.69) is 10.3 Å². The van der Waals surface area contributed by atoms with Crippen LogP contribution in [0.4, 0.5) is 24.7 Å². The van der Waals surface area contributed by atoms with Crippen LogP contribution >= 0.6 is 0 Å². The van der Waals surface area contributed by atoms with Gasteiger partial charge in [-0.15, -0.1) is 0 Å². The van der Waals surface area contributed by atoms with Gasteiger partial charge in [0.1, 0.15) is 11.6 Å². The summed E-state index contributed by atoms with van der Waals surface area (Å²) in [5.41, 5.74) is -0.412. The number of carbonyl (C=O) groups excluding carboxylic acids is 2. The summed E-state index contributed by atoms with van der Waals surface area (Å²) in [4.78, 5) is 29.9. The lowest BCUT2D eigenvalue weighted by Gasteiger charge is -2.33. The number of halogens is 3. The van der Waals surface area contributed by atoms with E-state index in [9.17, 15) is 22.8 Å². The van der Waals surface area contributed by atoms with Crippen LogP contribution in [-0.2, 0) is 20.5 Å². The number of pyridine rings is 1. The molecule has 2 aromatic rings. The number of ether oxygens (including phenoxy) is 2. The molecule has 1 saturated heterocycles. The maximum Gasteiger partial charge on any atom is 0.419 e. The van der Waals surface area contributed by atoms with Crippen LogP contribution in [0.3, 0.4) is 0 Å². The van der Waals surface area contributed by atoms with Crippen LogP contribution in [-0.4, -0.2) is 43.7 Å². The second-order valence-electron chi connectivity index (χ2n) is 7.01. The highest BCUT2D eigenvalue weighted by molar-refractivity contribution is 5.94. The van der Waals surface area contributed by atoms with Crippen molar-refractivity contribution in [2.24, 2.45) is 5.92 Å². The molecule has 7 nitrogen and oxygen atoms in total. The van der Waals surface area contributed by atoms with E-state index in [-0.39, 0.29) is 12.4 Å². The zero-order valence-corrected chi connectivity index (χ0v) is 16.8. The smallest absolute Gasteiger partial charge is 0.419 e. The fourth-order valence-electron chi connectivity index (χ4n) is 3.42. The minimum atomic E-state index is -4.55. The number of anilines is 2. The lowest BCUT2D eigenvalue weighted by atomic mass is 9.98. The number of esters is 1. The number of methoxy groups -OCH3 is 1. The van der Waals surface area contributed by atoms with Gasteiger partial charge in [-0.25, -0.2) is 4.98 Å². The minimum Gasteiger partial charge on any atom is -0.495 e. The van der Waals surface area contributed by atoms with Gasteiger partial charge in [-0.3, -0.25) is 9.59 Å². The van der Waals surface area contributed by atoms with Gasteiger partial charge in [-0.05, 0) is 37.1 Å². The Morgan fingerprint density at radius 1 is 1.23 bits per heavy atom. The van der Waals surface area contributed by atoms with Gasteiger partial charge in [0.2, 0.25) is 0 Å². The van der Waals surface area contributed by atoms with Gasteiger partial charge in [0.15, 0.2) is 6.61 Å². The Hall–Kier alpha value is -3.30. The maximum absolute atomic E-state index is 13.3. The average Bonchev–Trinajstić information content (AvgIpc) is 2.77. The molecule has 0 spiro atoms. The normalized spacial score (nSPS) is 16.5. The number of rotatable bonds is 6. The molecule has 0 radical (unpaired) electrons. The van der Waals surface area contributed by atoms with Crippen molar-refractivity contribution in [3.05, 3.63) is 48.2 Å².